The zero-order chi connectivity index (χ0) is 30.2. The number of hydrogen-bond acceptors (Lipinski definition) is 11. The maximum Gasteiger partial charge on any atom is 0.229 e. The molecule has 13 heteroatoms. The quantitative estimate of drug-likeness (QED) is 0.197. The molecule has 0 unspecified atom stereocenters. The van der Waals surface area contributed by atoms with E-state index < -0.39 is 24.3 Å². The zero-order valence-electron chi connectivity index (χ0n) is 24.6. The van der Waals surface area contributed by atoms with Gasteiger partial charge in [-0.3, -0.25) is 0 Å². The van der Waals surface area contributed by atoms with Gasteiger partial charge in [-0.2, -0.15) is 14.8 Å². The lowest BCUT2D eigenvalue weighted by atomic mass is 9.91. The number of imidazole rings is 1. The Bertz CT molecular complexity index is 1670. The van der Waals surface area contributed by atoms with Crippen molar-refractivity contribution < 1.29 is 10.2 Å². The molecule has 3 aromatic heterocycles. The summed E-state index contributed by atoms with van der Waals surface area (Å²) in [6, 6.07) is 19.8. The Labute approximate surface area is 254 Å². The summed E-state index contributed by atoms with van der Waals surface area (Å²) in [6.07, 6.45) is 1.38. The van der Waals surface area contributed by atoms with Gasteiger partial charge in [-0.25, -0.2) is 4.98 Å². The van der Waals surface area contributed by atoms with Gasteiger partial charge < -0.3 is 30.7 Å². The molecule has 2 fully saturated rings. The maximum absolute atomic E-state index is 11.2. The van der Waals surface area contributed by atoms with Crippen LogP contribution < -0.4 is 16.0 Å². The molecule has 44 heavy (non-hydrogen) atoms. The van der Waals surface area contributed by atoms with Crippen LogP contribution in [-0.4, -0.2) is 87.8 Å². The summed E-state index contributed by atoms with van der Waals surface area (Å²) in [6.45, 7) is 3.93. The van der Waals surface area contributed by atoms with Gasteiger partial charge in [0.2, 0.25) is 5.95 Å². The lowest BCUT2D eigenvalue weighted by Crippen LogP contribution is -2.31. The van der Waals surface area contributed by atoms with Crippen LogP contribution in [0.15, 0.2) is 67.0 Å². The van der Waals surface area contributed by atoms with E-state index in [1.165, 1.54) is 15.9 Å². The highest BCUT2D eigenvalue weighted by atomic mass is 16.3. The lowest BCUT2D eigenvalue weighted by Gasteiger charge is -2.22. The van der Waals surface area contributed by atoms with Gasteiger partial charge in [-0.1, -0.05) is 67.6 Å². The van der Waals surface area contributed by atoms with Gasteiger partial charge in [0.15, 0.2) is 22.8 Å². The molecule has 5 N–H and O–H groups in total. The Morgan fingerprint density at radius 3 is 2.32 bits per heavy atom. The van der Waals surface area contributed by atoms with Gasteiger partial charge in [0.1, 0.15) is 18.2 Å². The van der Waals surface area contributed by atoms with E-state index in [1.807, 2.05) is 23.6 Å². The van der Waals surface area contributed by atoms with Gasteiger partial charge >= 0.3 is 0 Å². The van der Waals surface area contributed by atoms with Crippen molar-refractivity contribution in [2.75, 3.05) is 29.9 Å². The number of anilines is 2. The minimum atomic E-state index is -1.08. The van der Waals surface area contributed by atoms with Crippen LogP contribution in [-0.2, 0) is 6.42 Å². The Morgan fingerprint density at radius 2 is 1.68 bits per heavy atom. The van der Waals surface area contributed by atoms with Gasteiger partial charge in [0.25, 0.3) is 0 Å². The summed E-state index contributed by atoms with van der Waals surface area (Å²) in [5.41, 5.74) is 9.80. The van der Waals surface area contributed by atoms with E-state index in [-0.39, 0.29) is 12.0 Å². The molecule has 228 valence electrons. The number of nitrogens with two attached hydrogens (primary N) is 1. The molecule has 0 spiro atoms. The lowest BCUT2D eigenvalue weighted by molar-refractivity contribution is 0.00473. The molecular weight excluding hydrogens is 558 g/mol. The molecule has 4 heterocycles. The van der Waals surface area contributed by atoms with E-state index in [2.05, 4.69) is 74.2 Å². The van der Waals surface area contributed by atoms with Crippen molar-refractivity contribution in [3.05, 3.63) is 83.9 Å². The van der Waals surface area contributed by atoms with Crippen LogP contribution in [0.5, 0.6) is 0 Å². The first-order valence-electron chi connectivity index (χ1n) is 15.2. The van der Waals surface area contributed by atoms with E-state index in [0.29, 0.717) is 54.7 Å². The summed E-state index contributed by atoms with van der Waals surface area (Å²) < 4.78 is 1.85. The van der Waals surface area contributed by atoms with Gasteiger partial charge in [-0.05, 0) is 29.2 Å². The van der Waals surface area contributed by atoms with E-state index in [4.69, 9.17) is 20.7 Å². The Hall–Kier alpha value is -4.46. The molecule has 2 aromatic carbocycles. The topological polar surface area (TPSA) is 169 Å². The van der Waals surface area contributed by atoms with Crippen molar-refractivity contribution in [2.24, 2.45) is 5.73 Å². The van der Waals surface area contributed by atoms with Gasteiger partial charge in [0, 0.05) is 38.0 Å². The second-order valence-corrected chi connectivity index (χ2v) is 11.7. The summed E-state index contributed by atoms with van der Waals surface area (Å²) in [5.74, 6) is 1.82. The fourth-order valence-corrected chi connectivity index (χ4v) is 6.41. The number of nitrogens with zero attached hydrogens (tertiary/aromatic N) is 9. The average molecular weight is 596 g/mol. The molecule has 13 nitrogen and oxygen atoms in total. The predicted octanol–water partition coefficient (Wildman–Crippen LogP) is 2.06. The molecule has 0 amide bonds. The van der Waals surface area contributed by atoms with E-state index >= 15 is 0 Å². The summed E-state index contributed by atoms with van der Waals surface area (Å²) in [7, 11) is 0. The fraction of sp³-hybridized carbons (Fsp3) is 0.419. The SMILES string of the molecule is CCc1nnn([C@@H]2C[C@@H](n3cnc4c(NCC(c5ccccc5)c5ccccc5)nc(N5CC[C@@H](N)C5)nc43)[C@H](O)[C@@H]2O)n1. The number of rotatable bonds is 9. The second-order valence-electron chi connectivity index (χ2n) is 11.7. The predicted molar refractivity (Wildman–Crippen MR) is 165 cm³/mol. The number of nitrogens with one attached hydrogen (secondary N) is 1. The fourth-order valence-electron chi connectivity index (χ4n) is 6.41. The number of aryl methyl sites for hydroxylation is 1. The number of fused-ring (bicyclic) bond motifs is 1. The van der Waals surface area contributed by atoms with Crippen LogP contribution in [0.2, 0.25) is 0 Å². The summed E-state index contributed by atoms with van der Waals surface area (Å²) in [5, 5.41) is 38.4. The zero-order valence-corrected chi connectivity index (χ0v) is 24.6. The van der Waals surface area contributed by atoms with E-state index in [9.17, 15) is 10.2 Å². The average Bonchev–Trinajstić information content (AvgIpc) is 3.86. The number of aromatic nitrogens is 8. The third-order valence-electron chi connectivity index (χ3n) is 8.86. The molecule has 1 saturated carbocycles. The standard InChI is InChI=1S/C31H37N11O2/c1-2-25-37-39-42(38-25)24-15-23(27(43)28(24)44)41-18-34-26-29(35-31(36-30(26)41)40-14-13-21(32)17-40)33-16-22(19-9-5-3-6-10-19)20-11-7-4-8-12-20/h3-12,18,21-24,27-28,43-44H,2,13-17,32H2,1H3,(H,33,35,36)/t21-,23-,24-,27+,28-/m1/s1. The molecule has 0 bridgehead atoms. The first kappa shape index (κ1) is 28.3. The van der Waals surface area contributed by atoms with Crippen LogP contribution in [0.25, 0.3) is 11.2 Å². The number of tetrazole rings is 1. The third-order valence-corrected chi connectivity index (χ3v) is 8.86. The molecular formula is C31H37N11O2. The van der Waals surface area contributed by atoms with Crippen LogP contribution in [0.3, 0.4) is 0 Å². The number of aliphatic hydroxyl groups excluding tert-OH is 2. The second kappa shape index (κ2) is 11.9. The minimum Gasteiger partial charge on any atom is -0.388 e. The van der Waals surface area contributed by atoms with Crippen molar-refractivity contribution in [3.63, 3.8) is 0 Å². The molecule has 7 rings (SSSR count). The smallest absolute Gasteiger partial charge is 0.229 e. The van der Waals surface area contributed by atoms with Crippen LogP contribution in [0.4, 0.5) is 11.8 Å². The van der Waals surface area contributed by atoms with Crippen LogP contribution >= 0.6 is 0 Å². The molecule has 1 saturated heterocycles. The first-order valence-corrected chi connectivity index (χ1v) is 15.2. The highest BCUT2D eigenvalue weighted by Gasteiger charge is 2.45. The van der Waals surface area contributed by atoms with E-state index in [1.54, 1.807) is 6.33 Å². The summed E-state index contributed by atoms with van der Waals surface area (Å²) >= 11 is 0. The minimum absolute atomic E-state index is 0.0481. The molecule has 1 aliphatic heterocycles. The number of hydrogen-bond donors (Lipinski definition) is 4. The Balaban J connectivity index is 1.25. The normalized spacial score (nSPS) is 23.7. The Kier molecular flexibility index (Phi) is 7.66. The van der Waals surface area contributed by atoms with Gasteiger partial charge in [0.05, 0.1) is 12.4 Å². The van der Waals surface area contributed by atoms with E-state index in [0.717, 1.165) is 13.0 Å². The number of aliphatic hydroxyl groups is 2. The third kappa shape index (κ3) is 5.27. The monoisotopic (exact) mass is 595 g/mol. The molecule has 2 aliphatic rings. The van der Waals surface area contributed by atoms with Crippen molar-refractivity contribution in [1.82, 2.24) is 39.7 Å². The van der Waals surface area contributed by atoms with Crippen LogP contribution in [0, 0.1) is 0 Å². The van der Waals surface area contributed by atoms with Crippen molar-refractivity contribution in [2.45, 2.75) is 62.4 Å². The van der Waals surface area contributed by atoms with Gasteiger partial charge in [-0.15, -0.1) is 10.2 Å². The van der Waals surface area contributed by atoms with Crippen molar-refractivity contribution in [1.29, 1.82) is 0 Å². The molecule has 1 aliphatic carbocycles. The highest BCUT2D eigenvalue weighted by molar-refractivity contribution is 5.84. The van der Waals surface area contributed by atoms with Crippen molar-refractivity contribution in [3.8, 4) is 0 Å². The largest absolute Gasteiger partial charge is 0.388 e. The molecule has 5 atom stereocenters. The number of benzene rings is 2. The Morgan fingerprint density at radius 1 is 0.977 bits per heavy atom. The van der Waals surface area contributed by atoms with Crippen molar-refractivity contribution >= 4 is 22.9 Å². The molecule has 5 aromatic rings. The first-order chi connectivity index (χ1) is 21.5. The molecule has 0 radical (unpaired) electrons. The highest BCUT2D eigenvalue weighted by Crippen LogP contribution is 2.40. The van der Waals surface area contributed by atoms with Crippen LogP contribution in [0.1, 0.15) is 54.7 Å². The maximum atomic E-state index is 11.2. The summed E-state index contributed by atoms with van der Waals surface area (Å²) in [4.78, 5) is 18.1.